The lowest BCUT2D eigenvalue weighted by Crippen LogP contribution is -2.31. The molecular weight excluding hydrogens is 166 g/mol. The van der Waals surface area contributed by atoms with Crippen LogP contribution >= 0.6 is 0 Å². The Morgan fingerprint density at radius 1 is 1.62 bits per heavy atom. The summed E-state index contributed by atoms with van der Waals surface area (Å²) in [7, 11) is 0. The van der Waals surface area contributed by atoms with E-state index in [4.69, 9.17) is 5.11 Å². The smallest absolute Gasteiger partial charge is 0.142 e. The Bertz CT molecular complexity index is 166. The first-order valence-corrected chi connectivity index (χ1v) is 4.60. The predicted molar refractivity (Wildman–Crippen MR) is 53.3 cm³/mol. The van der Waals surface area contributed by atoms with Gasteiger partial charge in [0.15, 0.2) is 0 Å². The van der Waals surface area contributed by atoms with Gasteiger partial charge < -0.3 is 15.2 Å². The molecule has 1 unspecified atom stereocenters. The van der Waals surface area contributed by atoms with E-state index in [9.17, 15) is 4.79 Å². The van der Waals surface area contributed by atoms with Crippen LogP contribution in [-0.4, -0.2) is 24.0 Å². The Labute approximate surface area is 79.8 Å². The summed E-state index contributed by atoms with van der Waals surface area (Å²) in [6, 6.07) is -0.168. The number of aliphatic hydroxyl groups excluding tert-OH is 1. The monoisotopic (exact) mass is 185 g/mol. The molecule has 0 aromatic carbocycles. The number of hydrogen-bond donors (Lipinski definition) is 2. The van der Waals surface area contributed by atoms with Crippen LogP contribution in [0.1, 0.15) is 26.7 Å². The maximum absolute atomic E-state index is 10.6. The van der Waals surface area contributed by atoms with Crippen molar-refractivity contribution in [3.63, 3.8) is 0 Å². The molecule has 0 fully saturated rings. The number of rotatable bonds is 7. The molecule has 0 heterocycles. The molecule has 0 aliphatic rings. The van der Waals surface area contributed by atoms with Crippen LogP contribution in [0.25, 0.3) is 0 Å². The van der Waals surface area contributed by atoms with Gasteiger partial charge in [0.2, 0.25) is 0 Å². The Balaban J connectivity index is 3.83. The van der Waals surface area contributed by atoms with E-state index >= 15 is 0 Å². The maximum Gasteiger partial charge on any atom is 0.142 e. The van der Waals surface area contributed by atoms with Crippen molar-refractivity contribution in [2.45, 2.75) is 32.7 Å². The third-order valence-corrected chi connectivity index (χ3v) is 1.69. The van der Waals surface area contributed by atoms with Crippen molar-refractivity contribution in [3.8, 4) is 0 Å². The molecule has 13 heavy (non-hydrogen) atoms. The largest absolute Gasteiger partial charge is 0.396 e. The number of hydrogen-bond acceptors (Lipinski definition) is 3. The standard InChI is InChI=1S/C10H19NO2/c1-8(2)6-10(7-13)11-9(3)4-5-12/h7-8,10-12H,3-6H2,1-2H3. The third kappa shape index (κ3) is 6.34. The lowest BCUT2D eigenvalue weighted by atomic mass is 10.0. The van der Waals surface area contributed by atoms with E-state index in [2.05, 4.69) is 25.7 Å². The Morgan fingerprint density at radius 2 is 2.23 bits per heavy atom. The minimum Gasteiger partial charge on any atom is -0.396 e. The fourth-order valence-corrected chi connectivity index (χ4v) is 1.13. The molecule has 0 spiro atoms. The molecule has 0 amide bonds. The minimum absolute atomic E-state index is 0.0685. The molecule has 3 nitrogen and oxygen atoms in total. The molecule has 2 N–H and O–H groups in total. The van der Waals surface area contributed by atoms with Crippen LogP contribution in [-0.2, 0) is 4.79 Å². The summed E-state index contributed by atoms with van der Waals surface area (Å²) in [5.41, 5.74) is 0.722. The van der Waals surface area contributed by atoms with E-state index in [1.54, 1.807) is 0 Å². The second kappa shape index (κ2) is 6.66. The number of carbonyl (C=O) groups excluding carboxylic acids is 1. The molecule has 0 aliphatic carbocycles. The molecule has 0 aromatic heterocycles. The Hall–Kier alpha value is -0.830. The SMILES string of the molecule is C=C(CCO)NC(C=O)CC(C)C. The average Bonchev–Trinajstić information content (AvgIpc) is 2.02. The number of aldehydes is 1. The van der Waals surface area contributed by atoms with Crippen LogP contribution in [0, 0.1) is 5.92 Å². The van der Waals surface area contributed by atoms with Gasteiger partial charge in [-0.2, -0.15) is 0 Å². The van der Waals surface area contributed by atoms with Gasteiger partial charge in [-0.1, -0.05) is 20.4 Å². The normalized spacial score (nSPS) is 12.6. The van der Waals surface area contributed by atoms with E-state index < -0.39 is 0 Å². The van der Waals surface area contributed by atoms with Gasteiger partial charge in [0.25, 0.3) is 0 Å². The molecule has 3 heteroatoms. The van der Waals surface area contributed by atoms with Gasteiger partial charge in [-0.3, -0.25) is 0 Å². The number of carbonyl (C=O) groups is 1. The highest BCUT2D eigenvalue weighted by atomic mass is 16.3. The summed E-state index contributed by atoms with van der Waals surface area (Å²) in [4.78, 5) is 10.6. The summed E-state index contributed by atoms with van der Waals surface area (Å²) in [6.07, 6.45) is 2.19. The van der Waals surface area contributed by atoms with Crippen LogP contribution in [0.5, 0.6) is 0 Å². The second-order valence-electron chi connectivity index (χ2n) is 3.59. The van der Waals surface area contributed by atoms with Gasteiger partial charge in [0, 0.05) is 18.7 Å². The van der Waals surface area contributed by atoms with E-state index in [1.165, 1.54) is 0 Å². The molecule has 0 radical (unpaired) electrons. The third-order valence-electron chi connectivity index (χ3n) is 1.69. The summed E-state index contributed by atoms with van der Waals surface area (Å²) in [5.74, 6) is 0.477. The van der Waals surface area contributed by atoms with Gasteiger partial charge >= 0.3 is 0 Å². The Kier molecular flexibility index (Phi) is 6.24. The highest BCUT2D eigenvalue weighted by Gasteiger charge is 2.09. The van der Waals surface area contributed by atoms with Gasteiger partial charge in [0.1, 0.15) is 6.29 Å². The van der Waals surface area contributed by atoms with Crippen molar-refractivity contribution in [1.82, 2.24) is 5.32 Å². The fourth-order valence-electron chi connectivity index (χ4n) is 1.13. The zero-order valence-corrected chi connectivity index (χ0v) is 8.42. The van der Waals surface area contributed by atoms with E-state index in [1.807, 2.05) is 0 Å². The van der Waals surface area contributed by atoms with Crippen molar-refractivity contribution < 1.29 is 9.90 Å². The summed E-state index contributed by atoms with van der Waals surface area (Å²) in [6.45, 7) is 7.90. The fraction of sp³-hybridized carbons (Fsp3) is 0.700. The lowest BCUT2D eigenvalue weighted by Gasteiger charge is -2.17. The molecule has 76 valence electrons. The molecule has 0 aliphatic heterocycles. The molecule has 0 rings (SSSR count). The Morgan fingerprint density at radius 3 is 2.62 bits per heavy atom. The first-order valence-electron chi connectivity index (χ1n) is 4.60. The van der Waals surface area contributed by atoms with Crippen molar-refractivity contribution in [2.75, 3.05) is 6.61 Å². The molecule has 1 atom stereocenters. The quantitative estimate of drug-likeness (QED) is 0.584. The van der Waals surface area contributed by atoms with E-state index in [0.717, 1.165) is 18.4 Å². The molecule has 0 aromatic rings. The summed E-state index contributed by atoms with van der Waals surface area (Å²) in [5, 5.41) is 11.6. The molecule has 0 bridgehead atoms. The predicted octanol–water partition coefficient (Wildman–Crippen LogP) is 1.09. The molecular formula is C10H19NO2. The van der Waals surface area contributed by atoms with E-state index in [-0.39, 0.29) is 12.6 Å². The van der Waals surface area contributed by atoms with Gasteiger partial charge in [0.05, 0.1) is 6.04 Å². The zero-order valence-electron chi connectivity index (χ0n) is 8.42. The summed E-state index contributed by atoms with van der Waals surface area (Å²) < 4.78 is 0. The number of aliphatic hydroxyl groups is 1. The first kappa shape index (κ1) is 12.2. The van der Waals surface area contributed by atoms with Crippen LogP contribution < -0.4 is 5.32 Å². The average molecular weight is 185 g/mol. The lowest BCUT2D eigenvalue weighted by molar-refractivity contribution is -0.109. The molecule has 0 saturated heterocycles. The van der Waals surface area contributed by atoms with Gasteiger partial charge in [-0.05, 0) is 12.3 Å². The first-order chi connectivity index (χ1) is 6.10. The molecule has 0 saturated carbocycles. The summed E-state index contributed by atoms with van der Waals surface area (Å²) >= 11 is 0. The van der Waals surface area contributed by atoms with Crippen LogP contribution in [0.2, 0.25) is 0 Å². The van der Waals surface area contributed by atoms with Gasteiger partial charge in [-0.15, -0.1) is 0 Å². The van der Waals surface area contributed by atoms with Crippen molar-refractivity contribution in [1.29, 1.82) is 0 Å². The highest BCUT2D eigenvalue weighted by Crippen LogP contribution is 2.05. The maximum atomic E-state index is 10.6. The van der Waals surface area contributed by atoms with Crippen LogP contribution in [0.4, 0.5) is 0 Å². The second-order valence-corrected chi connectivity index (χ2v) is 3.59. The topological polar surface area (TPSA) is 49.3 Å². The van der Waals surface area contributed by atoms with E-state index in [0.29, 0.717) is 12.3 Å². The van der Waals surface area contributed by atoms with Crippen molar-refractivity contribution in [3.05, 3.63) is 12.3 Å². The van der Waals surface area contributed by atoms with Crippen molar-refractivity contribution >= 4 is 6.29 Å². The van der Waals surface area contributed by atoms with Gasteiger partial charge in [-0.25, -0.2) is 0 Å². The number of nitrogens with one attached hydrogen (secondary N) is 1. The minimum atomic E-state index is -0.168. The highest BCUT2D eigenvalue weighted by molar-refractivity contribution is 5.58. The van der Waals surface area contributed by atoms with Crippen molar-refractivity contribution in [2.24, 2.45) is 5.92 Å². The zero-order chi connectivity index (χ0) is 10.3. The van der Waals surface area contributed by atoms with Crippen LogP contribution in [0.3, 0.4) is 0 Å². The van der Waals surface area contributed by atoms with Crippen LogP contribution in [0.15, 0.2) is 12.3 Å².